The fraction of sp³-hybridized carbons (Fsp3) is 0.100. The zero-order chi connectivity index (χ0) is 18.8. The molecule has 7 nitrogen and oxygen atoms in total. The molecular weight excluding hydrogens is 344 g/mol. The molecule has 27 heavy (non-hydrogen) atoms. The smallest absolute Gasteiger partial charge is 0.316 e. The first kappa shape index (κ1) is 16.7. The zero-order valence-electron chi connectivity index (χ0n) is 14.3. The molecule has 1 N–H and O–H groups in total. The maximum atomic E-state index is 12.8. The van der Waals surface area contributed by atoms with E-state index in [2.05, 4.69) is 10.3 Å². The number of nitrogens with one attached hydrogen (secondary N) is 1. The predicted octanol–water partition coefficient (Wildman–Crippen LogP) is 2.31. The molecule has 0 saturated heterocycles. The van der Waals surface area contributed by atoms with Crippen molar-refractivity contribution in [2.75, 3.05) is 0 Å². The van der Waals surface area contributed by atoms with Crippen LogP contribution in [-0.2, 0) is 6.42 Å². The van der Waals surface area contributed by atoms with Crippen molar-refractivity contribution in [3.05, 3.63) is 90.0 Å². The van der Waals surface area contributed by atoms with E-state index in [0.717, 1.165) is 10.5 Å². The SMILES string of the molecule is O=C1c2ccccc2C(=O)N1C(Cc1ccccc1)NC(=O)n1ccnc1. The van der Waals surface area contributed by atoms with E-state index in [1.807, 2.05) is 30.3 Å². The van der Waals surface area contributed by atoms with Crippen LogP contribution < -0.4 is 5.32 Å². The minimum atomic E-state index is -0.824. The molecule has 0 bridgehead atoms. The lowest BCUT2D eigenvalue weighted by molar-refractivity contribution is 0.0564. The van der Waals surface area contributed by atoms with Crippen molar-refractivity contribution in [3.8, 4) is 0 Å². The molecular formula is C20H16N4O3. The molecule has 1 aromatic heterocycles. The molecule has 0 spiro atoms. The van der Waals surface area contributed by atoms with Crippen molar-refractivity contribution in [1.29, 1.82) is 0 Å². The van der Waals surface area contributed by atoms with Gasteiger partial charge in [0, 0.05) is 18.8 Å². The minimum absolute atomic E-state index is 0.298. The summed E-state index contributed by atoms with van der Waals surface area (Å²) in [5.74, 6) is -0.829. The Hall–Kier alpha value is -3.74. The Kier molecular flexibility index (Phi) is 4.25. The maximum absolute atomic E-state index is 12.8. The van der Waals surface area contributed by atoms with Crippen molar-refractivity contribution in [3.63, 3.8) is 0 Å². The number of hydrogen-bond donors (Lipinski definition) is 1. The van der Waals surface area contributed by atoms with Crippen molar-refractivity contribution in [2.45, 2.75) is 12.6 Å². The molecule has 134 valence electrons. The van der Waals surface area contributed by atoms with Gasteiger partial charge in [0.15, 0.2) is 0 Å². The van der Waals surface area contributed by atoms with Crippen LogP contribution in [0.4, 0.5) is 4.79 Å². The summed E-state index contributed by atoms with van der Waals surface area (Å²) in [5.41, 5.74) is 1.58. The highest BCUT2D eigenvalue weighted by atomic mass is 16.2. The van der Waals surface area contributed by atoms with Gasteiger partial charge in [0.05, 0.1) is 11.1 Å². The first-order valence-electron chi connectivity index (χ1n) is 8.45. The number of hydrogen-bond acceptors (Lipinski definition) is 4. The number of carbonyl (C=O) groups is 3. The summed E-state index contributed by atoms with van der Waals surface area (Å²) in [6.45, 7) is 0. The van der Waals surface area contributed by atoms with Crippen LogP contribution in [0.25, 0.3) is 0 Å². The third kappa shape index (κ3) is 3.10. The fourth-order valence-electron chi connectivity index (χ4n) is 3.13. The van der Waals surface area contributed by atoms with Gasteiger partial charge in [-0.15, -0.1) is 0 Å². The number of benzene rings is 2. The van der Waals surface area contributed by atoms with Gasteiger partial charge >= 0.3 is 6.03 Å². The average Bonchev–Trinajstić information content (AvgIpc) is 3.31. The van der Waals surface area contributed by atoms with Gasteiger partial charge in [-0.1, -0.05) is 42.5 Å². The molecule has 0 saturated carbocycles. The van der Waals surface area contributed by atoms with Crippen LogP contribution in [0.3, 0.4) is 0 Å². The van der Waals surface area contributed by atoms with E-state index < -0.39 is 24.0 Å². The Morgan fingerprint density at radius 3 is 2.19 bits per heavy atom. The lowest BCUT2D eigenvalue weighted by atomic mass is 10.1. The largest absolute Gasteiger partial charge is 0.328 e. The van der Waals surface area contributed by atoms with E-state index in [1.54, 1.807) is 24.3 Å². The standard InChI is InChI=1S/C20H16N4O3/c25-18-15-8-4-5-9-16(15)19(26)24(18)17(12-14-6-2-1-3-7-14)22-20(27)23-11-10-21-13-23/h1-11,13,17H,12H2,(H,22,27). The van der Waals surface area contributed by atoms with Crippen LogP contribution in [0.1, 0.15) is 26.3 Å². The normalized spacial score (nSPS) is 14.1. The van der Waals surface area contributed by atoms with Crippen LogP contribution in [-0.4, -0.2) is 38.5 Å². The van der Waals surface area contributed by atoms with E-state index in [-0.39, 0.29) is 0 Å². The monoisotopic (exact) mass is 360 g/mol. The minimum Gasteiger partial charge on any atom is -0.316 e. The Bertz CT molecular complexity index is 964. The summed E-state index contributed by atoms with van der Waals surface area (Å²) in [6, 6.07) is 15.6. The van der Waals surface area contributed by atoms with Crippen molar-refractivity contribution < 1.29 is 14.4 Å². The Labute approximate surface area is 155 Å². The first-order chi connectivity index (χ1) is 13.1. The van der Waals surface area contributed by atoms with Crippen molar-refractivity contribution in [1.82, 2.24) is 19.8 Å². The predicted molar refractivity (Wildman–Crippen MR) is 97.0 cm³/mol. The molecule has 2 aromatic carbocycles. The zero-order valence-corrected chi connectivity index (χ0v) is 14.3. The highest BCUT2D eigenvalue weighted by molar-refractivity contribution is 6.21. The summed E-state index contributed by atoms with van der Waals surface area (Å²) in [7, 11) is 0. The second-order valence-corrected chi connectivity index (χ2v) is 6.15. The number of carbonyl (C=O) groups excluding carboxylic acids is 3. The third-order valence-corrected chi connectivity index (χ3v) is 4.44. The molecule has 4 rings (SSSR count). The van der Waals surface area contributed by atoms with Crippen LogP contribution in [0.2, 0.25) is 0 Å². The molecule has 3 amide bonds. The van der Waals surface area contributed by atoms with Gasteiger partial charge in [0.1, 0.15) is 12.5 Å². The van der Waals surface area contributed by atoms with E-state index in [4.69, 9.17) is 0 Å². The molecule has 0 aliphatic carbocycles. The Balaban J connectivity index is 1.66. The highest BCUT2D eigenvalue weighted by Crippen LogP contribution is 2.25. The highest BCUT2D eigenvalue weighted by Gasteiger charge is 2.40. The van der Waals surface area contributed by atoms with Crippen LogP contribution >= 0.6 is 0 Å². The number of aromatic nitrogens is 2. The van der Waals surface area contributed by atoms with Gasteiger partial charge in [0.2, 0.25) is 0 Å². The van der Waals surface area contributed by atoms with Gasteiger partial charge in [0.25, 0.3) is 11.8 Å². The summed E-state index contributed by atoms with van der Waals surface area (Å²) in [6.07, 6.45) is 3.81. The second kappa shape index (κ2) is 6.87. The lowest BCUT2D eigenvalue weighted by Crippen LogP contribution is -2.52. The molecule has 3 aromatic rings. The number of fused-ring (bicyclic) bond motifs is 1. The molecule has 0 fully saturated rings. The summed E-state index contributed by atoms with van der Waals surface area (Å²) >= 11 is 0. The molecule has 1 atom stereocenters. The molecule has 1 unspecified atom stereocenters. The maximum Gasteiger partial charge on any atom is 0.328 e. The van der Waals surface area contributed by atoms with Gasteiger partial charge in [-0.05, 0) is 17.7 Å². The molecule has 1 aliphatic heterocycles. The summed E-state index contributed by atoms with van der Waals surface area (Å²) in [4.78, 5) is 43.2. The second-order valence-electron chi connectivity index (χ2n) is 6.15. The molecule has 1 aliphatic rings. The van der Waals surface area contributed by atoms with Crippen molar-refractivity contribution in [2.24, 2.45) is 0 Å². The average molecular weight is 360 g/mol. The number of rotatable bonds is 4. The van der Waals surface area contributed by atoms with E-state index in [1.165, 1.54) is 23.3 Å². The van der Waals surface area contributed by atoms with Crippen LogP contribution in [0, 0.1) is 0 Å². The fourth-order valence-corrected chi connectivity index (χ4v) is 3.13. The summed E-state index contributed by atoms with van der Waals surface area (Å²) in [5, 5.41) is 2.77. The van der Waals surface area contributed by atoms with Gasteiger partial charge in [-0.3, -0.25) is 19.1 Å². The number of imidazole rings is 1. The van der Waals surface area contributed by atoms with Gasteiger partial charge in [-0.25, -0.2) is 9.78 Å². The van der Waals surface area contributed by atoms with E-state index >= 15 is 0 Å². The van der Waals surface area contributed by atoms with Crippen molar-refractivity contribution >= 4 is 17.8 Å². The molecule has 2 heterocycles. The third-order valence-electron chi connectivity index (χ3n) is 4.44. The Morgan fingerprint density at radius 2 is 1.59 bits per heavy atom. The van der Waals surface area contributed by atoms with E-state index in [0.29, 0.717) is 17.5 Å². The molecule has 0 radical (unpaired) electrons. The van der Waals surface area contributed by atoms with E-state index in [9.17, 15) is 14.4 Å². The number of nitrogens with zero attached hydrogens (tertiary/aromatic N) is 3. The quantitative estimate of drug-likeness (QED) is 0.724. The lowest BCUT2D eigenvalue weighted by Gasteiger charge is -2.27. The number of amides is 3. The first-order valence-corrected chi connectivity index (χ1v) is 8.45. The Morgan fingerprint density at radius 1 is 0.963 bits per heavy atom. The topological polar surface area (TPSA) is 84.3 Å². The number of imide groups is 1. The summed E-state index contributed by atoms with van der Waals surface area (Å²) < 4.78 is 1.26. The van der Waals surface area contributed by atoms with Gasteiger partial charge < -0.3 is 5.32 Å². The van der Waals surface area contributed by atoms with Crippen LogP contribution in [0.15, 0.2) is 73.3 Å². The van der Waals surface area contributed by atoms with Crippen LogP contribution in [0.5, 0.6) is 0 Å². The van der Waals surface area contributed by atoms with Gasteiger partial charge in [-0.2, -0.15) is 0 Å². The molecule has 7 heteroatoms.